The Morgan fingerprint density at radius 2 is 1.61 bits per heavy atom. The Bertz CT molecular complexity index is 548. The zero-order valence-electron chi connectivity index (χ0n) is 14.9. The minimum Gasteiger partial charge on any atom is -0.392 e. The number of rotatable bonds is 6. The molecule has 0 radical (unpaired) electrons. The van der Waals surface area contributed by atoms with E-state index in [0.29, 0.717) is 17.7 Å². The zero-order chi connectivity index (χ0) is 17.8. The molecule has 5 nitrogen and oxygen atoms in total. The molecule has 0 saturated heterocycles. The monoisotopic (exact) mass is 320 g/mol. The number of nitrogens with one attached hydrogen (secondary N) is 1. The number of nitrogens with zero attached hydrogens (tertiary/aromatic N) is 1. The number of aliphatic hydroxyl groups excluding tert-OH is 1. The van der Waals surface area contributed by atoms with Crippen LogP contribution in [0.1, 0.15) is 48.4 Å². The maximum absolute atomic E-state index is 12.2. The maximum atomic E-state index is 12.2. The van der Waals surface area contributed by atoms with E-state index in [1.165, 1.54) is 4.90 Å². The lowest BCUT2D eigenvalue weighted by atomic mass is 9.80. The summed E-state index contributed by atoms with van der Waals surface area (Å²) in [7, 11) is 3.37. The van der Waals surface area contributed by atoms with Gasteiger partial charge in [-0.3, -0.25) is 9.59 Å². The predicted octanol–water partition coefficient (Wildman–Crippen LogP) is 2.16. The summed E-state index contributed by atoms with van der Waals surface area (Å²) in [4.78, 5) is 25.5. The Morgan fingerprint density at radius 3 is 2.04 bits per heavy atom. The van der Waals surface area contributed by atoms with Gasteiger partial charge in [-0.2, -0.15) is 0 Å². The van der Waals surface area contributed by atoms with Gasteiger partial charge >= 0.3 is 0 Å². The van der Waals surface area contributed by atoms with E-state index in [1.54, 1.807) is 38.4 Å². The van der Waals surface area contributed by atoms with Crippen LogP contribution in [0.3, 0.4) is 0 Å². The van der Waals surface area contributed by atoms with E-state index in [1.807, 2.05) is 27.7 Å². The fourth-order valence-electron chi connectivity index (χ4n) is 2.44. The molecule has 0 aliphatic heterocycles. The molecule has 23 heavy (non-hydrogen) atoms. The minimum absolute atomic E-state index is 0.0989. The van der Waals surface area contributed by atoms with Gasteiger partial charge in [0, 0.05) is 37.2 Å². The predicted molar refractivity (Wildman–Crippen MR) is 91.4 cm³/mol. The van der Waals surface area contributed by atoms with E-state index in [9.17, 15) is 14.7 Å². The van der Waals surface area contributed by atoms with Gasteiger partial charge in [0.15, 0.2) is 0 Å². The number of carbonyl (C=O) groups excluding carboxylic acids is 2. The first kappa shape index (κ1) is 19.2. The molecule has 0 bridgehead atoms. The first-order valence-corrected chi connectivity index (χ1v) is 7.84. The van der Waals surface area contributed by atoms with E-state index in [-0.39, 0.29) is 17.7 Å². The lowest BCUT2D eigenvalue weighted by Crippen LogP contribution is -2.43. The van der Waals surface area contributed by atoms with Gasteiger partial charge in [0.1, 0.15) is 0 Å². The third-order valence-electron chi connectivity index (χ3n) is 3.94. The van der Waals surface area contributed by atoms with Crippen molar-refractivity contribution in [3.63, 3.8) is 0 Å². The Kier molecular flexibility index (Phi) is 6.33. The van der Waals surface area contributed by atoms with Crippen molar-refractivity contribution < 1.29 is 14.7 Å². The van der Waals surface area contributed by atoms with Gasteiger partial charge in [0.2, 0.25) is 0 Å². The lowest BCUT2D eigenvalue weighted by molar-refractivity contribution is 0.0138. The first-order valence-electron chi connectivity index (χ1n) is 7.84. The molecule has 0 aromatic heterocycles. The summed E-state index contributed by atoms with van der Waals surface area (Å²) in [6, 6.07) is 6.56. The van der Waals surface area contributed by atoms with E-state index in [0.717, 1.165) is 0 Å². The molecule has 1 rings (SSSR count). The van der Waals surface area contributed by atoms with Gasteiger partial charge in [-0.1, -0.05) is 27.7 Å². The van der Waals surface area contributed by atoms with Gasteiger partial charge in [-0.05, 0) is 30.2 Å². The fraction of sp³-hybridized carbons (Fsp3) is 0.556. The molecule has 0 heterocycles. The highest BCUT2D eigenvalue weighted by molar-refractivity contribution is 5.97. The molecule has 1 aromatic rings. The highest BCUT2D eigenvalue weighted by atomic mass is 16.3. The Hall–Kier alpha value is -1.88. The summed E-state index contributed by atoms with van der Waals surface area (Å²) in [6.45, 7) is 8.14. The van der Waals surface area contributed by atoms with Gasteiger partial charge in [-0.15, -0.1) is 0 Å². The number of benzene rings is 1. The van der Waals surface area contributed by atoms with Crippen LogP contribution in [0.25, 0.3) is 0 Å². The molecule has 2 amide bonds. The van der Waals surface area contributed by atoms with E-state index >= 15 is 0 Å². The number of hydrogen-bond donors (Lipinski definition) is 2. The maximum Gasteiger partial charge on any atom is 0.253 e. The van der Waals surface area contributed by atoms with Gasteiger partial charge in [0.05, 0.1) is 6.10 Å². The van der Waals surface area contributed by atoms with Crippen LogP contribution in [-0.2, 0) is 0 Å². The normalized spacial score (nSPS) is 12.9. The van der Waals surface area contributed by atoms with Crippen molar-refractivity contribution in [1.29, 1.82) is 0 Å². The van der Waals surface area contributed by atoms with Crippen LogP contribution >= 0.6 is 0 Å². The molecular formula is C18H28N2O3. The summed E-state index contributed by atoms with van der Waals surface area (Å²) in [5, 5.41) is 13.0. The van der Waals surface area contributed by atoms with Gasteiger partial charge in [-0.25, -0.2) is 0 Å². The van der Waals surface area contributed by atoms with Crippen molar-refractivity contribution in [2.75, 3.05) is 20.6 Å². The third kappa shape index (κ3) is 5.06. The summed E-state index contributed by atoms with van der Waals surface area (Å²) < 4.78 is 0. The van der Waals surface area contributed by atoms with E-state index in [4.69, 9.17) is 0 Å². The third-order valence-corrected chi connectivity index (χ3v) is 3.94. The van der Waals surface area contributed by atoms with E-state index in [2.05, 4.69) is 5.32 Å². The summed E-state index contributed by atoms with van der Waals surface area (Å²) in [5.41, 5.74) is 0.627. The SMILES string of the molecule is CC(C)C(O)C(C)(C)CNC(=O)c1ccc(C(=O)N(C)C)cc1. The molecule has 2 N–H and O–H groups in total. The van der Waals surface area contributed by atoms with Crippen molar-refractivity contribution in [3.05, 3.63) is 35.4 Å². The summed E-state index contributed by atoms with van der Waals surface area (Å²) in [6.07, 6.45) is -0.497. The van der Waals surface area contributed by atoms with Crippen LogP contribution in [0.15, 0.2) is 24.3 Å². The average molecular weight is 320 g/mol. The Balaban J connectivity index is 2.70. The van der Waals surface area contributed by atoms with Gasteiger partial charge in [0.25, 0.3) is 11.8 Å². The van der Waals surface area contributed by atoms with Crippen molar-refractivity contribution in [2.45, 2.75) is 33.8 Å². The Labute approximate surface area is 138 Å². The van der Waals surface area contributed by atoms with Crippen molar-refractivity contribution >= 4 is 11.8 Å². The first-order chi connectivity index (χ1) is 10.6. The highest BCUT2D eigenvalue weighted by Gasteiger charge is 2.30. The number of amides is 2. The smallest absolute Gasteiger partial charge is 0.253 e. The highest BCUT2D eigenvalue weighted by Crippen LogP contribution is 2.25. The summed E-state index contributed by atoms with van der Waals surface area (Å²) >= 11 is 0. The molecular weight excluding hydrogens is 292 g/mol. The Morgan fingerprint density at radius 1 is 1.13 bits per heavy atom. The molecule has 0 aliphatic rings. The molecule has 0 spiro atoms. The van der Waals surface area contributed by atoms with Crippen LogP contribution in [0.4, 0.5) is 0 Å². The second-order valence-corrected chi connectivity index (χ2v) is 7.14. The largest absolute Gasteiger partial charge is 0.392 e. The second-order valence-electron chi connectivity index (χ2n) is 7.14. The standard InChI is InChI=1S/C18H28N2O3/c1-12(2)15(21)18(3,4)11-19-16(22)13-7-9-14(10-8-13)17(23)20(5)6/h7-10,12,15,21H,11H2,1-6H3,(H,19,22). The van der Waals surface area contributed by atoms with E-state index < -0.39 is 11.5 Å². The molecule has 0 aliphatic carbocycles. The quantitative estimate of drug-likeness (QED) is 0.844. The van der Waals surface area contributed by atoms with Crippen LogP contribution in [0.5, 0.6) is 0 Å². The number of carbonyl (C=O) groups is 2. The topological polar surface area (TPSA) is 69.6 Å². The minimum atomic E-state index is -0.497. The summed E-state index contributed by atoms with van der Waals surface area (Å²) in [5.74, 6) is -0.186. The molecule has 0 saturated carbocycles. The average Bonchev–Trinajstić information content (AvgIpc) is 2.51. The molecule has 0 fully saturated rings. The van der Waals surface area contributed by atoms with Crippen molar-refractivity contribution in [1.82, 2.24) is 10.2 Å². The fourth-order valence-corrected chi connectivity index (χ4v) is 2.44. The zero-order valence-corrected chi connectivity index (χ0v) is 14.9. The van der Waals surface area contributed by atoms with Crippen molar-refractivity contribution in [3.8, 4) is 0 Å². The molecule has 5 heteroatoms. The number of hydrogen-bond acceptors (Lipinski definition) is 3. The van der Waals surface area contributed by atoms with Crippen LogP contribution in [-0.4, -0.2) is 48.6 Å². The lowest BCUT2D eigenvalue weighted by Gasteiger charge is -2.33. The molecule has 1 unspecified atom stereocenters. The van der Waals surface area contributed by atoms with Crippen LogP contribution in [0, 0.1) is 11.3 Å². The van der Waals surface area contributed by atoms with Crippen LogP contribution in [0.2, 0.25) is 0 Å². The molecule has 128 valence electrons. The number of aliphatic hydroxyl groups is 1. The van der Waals surface area contributed by atoms with Crippen LogP contribution < -0.4 is 5.32 Å². The second kappa shape index (κ2) is 7.59. The van der Waals surface area contributed by atoms with Gasteiger partial charge < -0.3 is 15.3 Å². The van der Waals surface area contributed by atoms with Crippen molar-refractivity contribution in [2.24, 2.45) is 11.3 Å². The molecule has 1 atom stereocenters. The molecule has 1 aromatic carbocycles.